The van der Waals surface area contributed by atoms with Gasteiger partial charge in [0, 0.05) is 45.5 Å². The Kier molecular flexibility index (Phi) is 7.33. The van der Waals surface area contributed by atoms with Crippen molar-refractivity contribution in [2.75, 3.05) is 46.4 Å². The van der Waals surface area contributed by atoms with Crippen molar-refractivity contribution in [2.24, 2.45) is 5.92 Å². The van der Waals surface area contributed by atoms with Crippen molar-refractivity contribution < 1.29 is 14.3 Å². The van der Waals surface area contributed by atoms with Gasteiger partial charge in [-0.15, -0.1) is 0 Å². The van der Waals surface area contributed by atoms with Crippen LogP contribution < -0.4 is 5.32 Å². The van der Waals surface area contributed by atoms with E-state index in [2.05, 4.69) is 20.2 Å². The van der Waals surface area contributed by atoms with Gasteiger partial charge in [0.2, 0.25) is 5.91 Å². The van der Waals surface area contributed by atoms with E-state index in [1.54, 1.807) is 19.5 Å². The second-order valence-electron chi connectivity index (χ2n) is 7.68. The summed E-state index contributed by atoms with van der Waals surface area (Å²) >= 11 is 0. The maximum absolute atomic E-state index is 12.6. The Morgan fingerprint density at radius 3 is 2.64 bits per heavy atom. The van der Waals surface area contributed by atoms with E-state index in [4.69, 9.17) is 4.74 Å². The zero-order chi connectivity index (χ0) is 19.9. The molecule has 3 heterocycles. The van der Waals surface area contributed by atoms with E-state index in [0.717, 1.165) is 57.6 Å². The highest BCUT2D eigenvalue weighted by Crippen LogP contribution is 2.24. The molecule has 2 fully saturated rings. The fraction of sp³-hybridized carbons (Fsp3) is 0.700. The van der Waals surface area contributed by atoms with Gasteiger partial charge < -0.3 is 15.0 Å². The Labute approximate surface area is 166 Å². The molecule has 0 radical (unpaired) electrons. The molecule has 2 saturated heterocycles. The van der Waals surface area contributed by atoms with Gasteiger partial charge in [-0.3, -0.25) is 19.5 Å². The summed E-state index contributed by atoms with van der Waals surface area (Å²) in [5, 5.41) is 2.96. The quantitative estimate of drug-likeness (QED) is 0.727. The molecular formula is C20H31N5O3. The fourth-order valence-electron chi connectivity index (χ4n) is 4.07. The molecule has 2 aliphatic heterocycles. The summed E-state index contributed by atoms with van der Waals surface area (Å²) in [6.07, 6.45) is 7.04. The number of carbonyl (C=O) groups excluding carboxylic acids is 2. The minimum Gasteiger partial charge on any atom is -0.383 e. The van der Waals surface area contributed by atoms with Crippen LogP contribution in [0, 0.1) is 12.8 Å². The van der Waals surface area contributed by atoms with Gasteiger partial charge >= 0.3 is 0 Å². The highest BCUT2D eigenvalue weighted by Gasteiger charge is 2.32. The van der Waals surface area contributed by atoms with Crippen molar-refractivity contribution in [3.05, 3.63) is 23.8 Å². The third kappa shape index (κ3) is 5.26. The molecular weight excluding hydrogens is 358 g/mol. The van der Waals surface area contributed by atoms with Crippen LogP contribution in [-0.4, -0.2) is 84.1 Å². The third-order valence-corrected chi connectivity index (χ3v) is 5.70. The van der Waals surface area contributed by atoms with Crippen molar-refractivity contribution in [3.63, 3.8) is 0 Å². The van der Waals surface area contributed by atoms with E-state index in [9.17, 15) is 9.59 Å². The van der Waals surface area contributed by atoms with Crippen LogP contribution in [0.3, 0.4) is 0 Å². The number of aryl methyl sites for hydroxylation is 1. The van der Waals surface area contributed by atoms with Crippen molar-refractivity contribution in [1.29, 1.82) is 0 Å². The van der Waals surface area contributed by atoms with Crippen molar-refractivity contribution >= 4 is 11.8 Å². The van der Waals surface area contributed by atoms with E-state index < -0.39 is 0 Å². The molecule has 1 atom stereocenters. The van der Waals surface area contributed by atoms with Gasteiger partial charge in [0.25, 0.3) is 5.91 Å². The Morgan fingerprint density at radius 2 is 1.96 bits per heavy atom. The minimum absolute atomic E-state index is 0.0417. The predicted octanol–water partition coefficient (Wildman–Crippen LogP) is 0.864. The molecule has 1 aromatic heterocycles. The molecule has 0 spiro atoms. The number of likely N-dealkylation sites (tertiary alicyclic amines) is 2. The molecule has 0 saturated carbocycles. The van der Waals surface area contributed by atoms with Gasteiger partial charge in [-0.25, -0.2) is 4.98 Å². The lowest BCUT2D eigenvalue weighted by atomic mass is 9.93. The van der Waals surface area contributed by atoms with E-state index in [1.165, 1.54) is 0 Å². The Morgan fingerprint density at radius 1 is 1.18 bits per heavy atom. The summed E-state index contributed by atoms with van der Waals surface area (Å²) in [6, 6.07) is 0.433. The maximum Gasteiger partial charge on any atom is 0.274 e. The number of rotatable bonds is 6. The van der Waals surface area contributed by atoms with Crippen LogP contribution in [-0.2, 0) is 9.53 Å². The first-order valence-electron chi connectivity index (χ1n) is 10.2. The molecule has 1 N–H and O–H groups in total. The lowest BCUT2D eigenvalue weighted by Gasteiger charge is -2.42. The number of nitrogens with one attached hydrogen (secondary N) is 1. The molecule has 0 unspecified atom stereocenters. The molecule has 28 heavy (non-hydrogen) atoms. The molecule has 2 aliphatic rings. The van der Waals surface area contributed by atoms with Gasteiger partial charge in [0.1, 0.15) is 5.69 Å². The van der Waals surface area contributed by atoms with E-state index in [0.29, 0.717) is 24.9 Å². The van der Waals surface area contributed by atoms with Crippen LogP contribution in [0.2, 0.25) is 0 Å². The van der Waals surface area contributed by atoms with Crippen molar-refractivity contribution in [2.45, 2.75) is 38.6 Å². The van der Waals surface area contributed by atoms with Crippen LogP contribution >= 0.6 is 0 Å². The lowest BCUT2D eigenvalue weighted by Crippen LogP contribution is -2.51. The number of hydrogen-bond donors (Lipinski definition) is 1. The molecule has 154 valence electrons. The number of piperidine rings is 2. The summed E-state index contributed by atoms with van der Waals surface area (Å²) in [6.45, 7) is 6.25. The molecule has 0 bridgehead atoms. The van der Waals surface area contributed by atoms with Crippen LogP contribution in [0.1, 0.15) is 41.9 Å². The molecule has 0 aliphatic carbocycles. The standard InChI is InChI=1S/C20H31N5O3/c1-15-12-23-18(13-22-15)20(27)24-9-5-17(6-10-24)25-8-3-4-16(14-25)19(26)21-7-11-28-2/h12-13,16-17H,3-11,14H2,1-2H3,(H,21,26)/t16-/m1/s1. The van der Waals surface area contributed by atoms with Gasteiger partial charge in [-0.1, -0.05) is 0 Å². The SMILES string of the molecule is COCCNC(=O)[C@@H]1CCCN(C2CCN(C(=O)c3cnc(C)cn3)CC2)C1. The zero-order valence-corrected chi connectivity index (χ0v) is 16.9. The van der Waals surface area contributed by atoms with Crippen molar-refractivity contribution in [1.82, 2.24) is 25.1 Å². The first kappa shape index (κ1) is 20.7. The van der Waals surface area contributed by atoms with Gasteiger partial charge in [0.05, 0.1) is 24.4 Å². The smallest absolute Gasteiger partial charge is 0.274 e. The Hall–Kier alpha value is -2.06. The molecule has 2 amide bonds. The number of hydrogen-bond acceptors (Lipinski definition) is 6. The van der Waals surface area contributed by atoms with E-state index in [1.807, 2.05) is 11.8 Å². The maximum atomic E-state index is 12.6. The summed E-state index contributed by atoms with van der Waals surface area (Å²) in [7, 11) is 1.64. The third-order valence-electron chi connectivity index (χ3n) is 5.70. The Balaban J connectivity index is 1.48. The number of aromatic nitrogens is 2. The number of carbonyl (C=O) groups is 2. The van der Waals surface area contributed by atoms with Gasteiger partial charge in [-0.2, -0.15) is 0 Å². The van der Waals surface area contributed by atoms with E-state index >= 15 is 0 Å². The van der Waals surface area contributed by atoms with Crippen molar-refractivity contribution in [3.8, 4) is 0 Å². The predicted molar refractivity (Wildman–Crippen MR) is 105 cm³/mol. The fourth-order valence-corrected chi connectivity index (χ4v) is 4.07. The summed E-state index contributed by atoms with van der Waals surface area (Å²) in [5.74, 6) is 0.139. The van der Waals surface area contributed by atoms with Gasteiger partial charge in [0.15, 0.2) is 0 Å². The molecule has 8 nitrogen and oxygen atoms in total. The topological polar surface area (TPSA) is 87.7 Å². The van der Waals surface area contributed by atoms with E-state index in [-0.39, 0.29) is 17.7 Å². The molecule has 0 aromatic carbocycles. The number of nitrogens with zero attached hydrogens (tertiary/aromatic N) is 4. The van der Waals surface area contributed by atoms with Crippen LogP contribution in [0.4, 0.5) is 0 Å². The average Bonchev–Trinajstić information content (AvgIpc) is 2.74. The van der Waals surface area contributed by atoms with Gasteiger partial charge in [-0.05, 0) is 39.2 Å². The highest BCUT2D eigenvalue weighted by atomic mass is 16.5. The molecule has 1 aromatic rings. The number of ether oxygens (including phenoxy) is 1. The van der Waals surface area contributed by atoms with Crippen LogP contribution in [0.15, 0.2) is 12.4 Å². The van der Waals surface area contributed by atoms with Crippen LogP contribution in [0.5, 0.6) is 0 Å². The van der Waals surface area contributed by atoms with Crippen LogP contribution in [0.25, 0.3) is 0 Å². The first-order valence-corrected chi connectivity index (χ1v) is 10.2. The lowest BCUT2D eigenvalue weighted by molar-refractivity contribution is -0.127. The number of amides is 2. The summed E-state index contributed by atoms with van der Waals surface area (Å²) < 4.78 is 5.00. The number of methoxy groups -OCH3 is 1. The summed E-state index contributed by atoms with van der Waals surface area (Å²) in [4.78, 5) is 37.7. The molecule has 8 heteroatoms. The zero-order valence-electron chi connectivity index (χ0n) is 16.9. The largest absolute Gasteiger partial charge is 0.383 e. The normalized spacial score (nSPS) is 21.5. The summed E-state index contributed by atoms with van der Waals surface area (Å²) in [5.41, 5.74) is 1.22. The second kappa shape index (κ2) is 9.93. The minimum atomic E-state index is -0.0417. The highest BCUT2D eigenvalue weighted by molar-refractivity contribution is 5.92. The monoisotopic (exact) mass is 389 g/mol. The molecule has 3 rings (SSSR count). The Bertz CT molecular complexity index is 658. The second-order valence-corrected chi connectivity index (χ2v) is 7.68. The first-order chi connectivity index (χ1) is 13.6. The average molecular weight is 390 g/mol.